The largest absolute Gasteiger partial charge is 0.465 e. The molecule has 0 radical (unpaired) electrons. The van der Waals surface area contributed by atoms with Crippen LogP contribution in [-0.4, -0.2) is 259 Å². The van der Waals surface area contributed by atoms with Crippen LogP contribution < -0.4 is 0 Å². The van der Waals surface area contributed by atoms with Crippen molar-refractivity contribution in [3.8, 4) is 0 Å². The van der Waals surface area contributed by atoms with Gasteiger partial charge in [0, 0.05) is 38.5 Å². The number of esters is 5. The summed E-state index contributed by atoms with van der Waals surface area (Å²) in [5.74, 6) is 11.5. The minimum absolute atomic E-state index is 0.00258. The number of unbranched alkanes of at least 4 members (excludes halogenated alkanes) is 6. The van der Waals surface area contributed by atoms with Gasteiger partial charge in [0.2, 0.25) is 0 Å². The highest BCUT2D eigenvalue weighted by molar-refractivity contribution is 5.73. The Labute approximate surface area is 750 Å². The molecule has 48 atom stereocenters. The molecule has 0 aromatic heterocycles. The smallest absolute Gasteiger partial charge is 0.309 e. The molecule has 30 rings (SSSR count). The first kappa shape index (κ1) is 87.7. The number of hydrogen-bond acceptors (Lipinski definition) is 26. The maximum Gasteiger partial charge on any atom is 0.309 e. The van der Waals surface area contributed by atoms with E-state index in [0.717, 1.165) is 189 Å². The summed E-state index contributed by atoms with van der Waals surface area (Å²) in [7, 11) is 0. The Bertz CT molecular complexity index is 3690. The van der Waals surface area contributed by atoms with Gasteiger partial charge in [-0.25, -0.2) is 0 Å². The average molecular weight is 1780 g/mol. The molecule has 0 aromatic rings. The van der Waals surface area contributed by atoms with Crippen LogP contribution in [0.25, 0.3) is 0 Å². The van der Waals surface area contributed by atoms with Gasteiger partial charge in [-0.15, -0.1) is 0 Å². The first-order chi connectivity index (χ1) is 62.0. The topological polar surface area (TPSA) is 332 Å². The predicted octanol–water partition coefficient (Wildman–Crippen LogP) is 12.9. The molecule has 0 N–H and O–H groups in total. The second-order valence-corrected chi connectivity index (χ2v) is 45.6. The van der Waals surface area contributed by atoms with Gasteiger partial charge in [-0.05, 0) is 274 Å². The summed E-state index contributed by atoms with van der Waals surface area (Å²) >= 11 is 0. The second-order valence-electron chi connectivity index (χ2n) is 45.6. The maximum atomic E-state index is 12.0. The lowest BCUT2D eigenvalue weighted by Crippen LogP contribution is -2.27. The number of epoxide rings is 16. The molecule has 16 heterocycles. The number of rotatable bonds is 27. The van der Waals surface area contributed by atoms with Crippen LogP contribution in [0.4, 0.5) is 0 Å². The van der Waals surface area contributed by atoms with Crippen molar-refractivity contribution in [3.63, 3.8) is 0 Å². The van der Waals surface area contributed by atoms with Crippen LogP contribution in [0.2, 0.25) is 0 Å². The van der Waals surface area contributed by atoms with E-state index >= 15 is 0 Å². The molecular formula is C101H148O26. The quantitative estimate of drug-likeness (QED) is 0.0319. The normalized spacial score (nSPS) is 51.7. The van der Waals surface area contributed by atoms with Crippen LogP contribution in [0.15, 0.2) is 0 Å². The van der Waals surface area contributed by atoms with E-state index in [1.165, 1.54) is 70.6 Å². The summed E-state index contributed by atoms with van der Waals surface area (Å²) in [4.78, 5) is 59.9. The molecule has 14 aliphatic carbocycles. The van der Waals surface area contributed by atoms with E-state index in [-0.39, 0.29) is 35.8 Å². The number of ether oxygens (including phenoxy) is 21. The second kappa shape index (κ2) is 37.3. The van der Waals surface area contributed by atoms with Crippen molar-refractivity contribution in [2.75, 3.05) is 46.2 Å². The highest BCUT2D eigenvalue weighted by atomic mass is 16.7. The van der Waals surface area contributed by atoms with Crippen molar-refractivity contribution < 1.29 is 123 Å². The third-order valence-corrected chi connectivity index (χ3v) is 36.8. The van der Waals surface area contributed by atoms with Gasteiger partial charge in [0.25, 0.3) is 0 Å². The summed E-state index contributed by atoms with van der Waals surface area (Å²) in [6, 6.07) is 0. The average Bonchev–Trinajstić information content (AvgIpc) is 1.50. The van der Waals surface area contributed by atoms with Gasteiger partial charge in [-0.1, -0.05) is 53.4 Å². The molecule has 16 saturated heterocycles. The fraction of sp³-hybridized carbons (Fsp3) is 0.950. The molecule has 30 fully saturated rings. The minimum atomic E-state index is -0.158. The van der Waals surface area contributed by atoms with Crippen LogP contribution in [0.3, 0.4) is 0 Å². The van der Waals surface area contributed by atoms with Gasteiger partial charge in [0.15, 0.2) is 0 Å². The molecule has 26 nitrogen and oxygen atoms in total. The van der Waals surface area contributed by atoms with Crippen molar-refractivity contribution in [2.24, 2.45) is 107 Å². The first-order valence-corrected chi connectivity index (χ1v) is 52.1. The zero-order chi connectivity index (χ0) is 85.6. The number of hydrogen-bond donors (Lipinski definition) is 0. The van der Waals surface area contributed by atoms with Gasteiger partial charge in [-0.2, -0.15) is 0 Å². The molecule has 26 heteroatoms. The SMILES string of the molecule is C1C2OC2C2C1C1CC2C2OC12.C1C2OC2CC2OC12.C1CC2OC2C2OC12.C1CC2OC2CC1C1CO1.C1OC1C1CC2CC1C1OC21.CC1CC2OC2CC1COC(=O)CCCCC(=O)OCC1CC2OC2CC1C.CC1CC2OC2CC1COC(=O)CCCCCCCCC(=O)OCC1CC2OC2CC1C.O=C(OCC1CCC2OC2C1)C1CCC2OC2C1. The Morgan fingerprint density at radius 1 is 0.236 bits per heavy atom. The standard InChI is InChI=1S/C26H42O6.C22H34O6.C14H20O4.C10H12O2.C9H12O2.C8H12O2.2C6H8O2/c1-17-11-21-23(31-21)13-19(17)15-29-25(27)9-7-5-3-4-6-8-10-26(28)30-16-20-14-24-22(32-24)12-18(20)2;1-13-7-17-19(27-17)9-15(13)11-25-21(23)5-3-4-6-22(24)26-12-16-10-20-18(28-20)8-14(16)2;15-14(9-2-4-11-13(6-9)18-11)16-7-8-1-3-10-12(5-8)17-10;1-4-3-2-6-10(11-6)7(3)5(1)9-8(4)12-9;1-4-2-6(9-8(4)11-9)5(1)7-3-10-7;1-2-6-7(10-6)3-5(1)8-4-9-8;1-3-5(7-3)2-6-4(1)8-6;1-2-4-6(8-4)5-3(1)7-5/h17-24H,3-16H2,1-2H3;13-20H,3-12H2,1-2H3;8-13H,1-7H2;3-10H,1-2H2;4-9H,1-3H2;5-8H,1-4H2;2*3-6H,1-2H2. The molecule has 4 bridgehead atoms. The molecule has 30 aliphatic rings. The molecule has 0 aromatic carbocycles. The summed E-state index contributed by atoms with van der Waals surface area (Å²) < 4.78 is 115. The van der Waals surface area contributed by atoms with Gasteiger partial charge in [0.1, 0.15) is 12.2 Å². The number of carbonyl (C=O) groups is 5. The lowest BCUT2D eigenvalue weighted by Gasteiger charge is -2.25. The van der Waals surface area contributed by atoms with E-state index in [2.05, 4.69) is 27.7 Å². The van der Waals surface area contributed by atoms with Crippen LogP contribution in [0.5, 0.6) is 0 Å². The third-order valence-electron chi connectivity index (χ3n) is 36.8. The van der Waals surface area contributed by atoms with E-state index in [1.54, 1.807) is 0 Å². The first-order valence-electron chi connectivity index (χ1n) is 52.1. The van der Waals surface area contributed by atoms with Crippen molar-refractivity contribution >= 4 is 29.8 Å². The zero-order valence-electron chi connectivity index (χ0n) is 75.9. The molecule has 0 amide bonds. The summed E-state index contributed by atoms with van der Waals surface area (Å²) in [5.41, 5.74) is 0. The maximum absolute atomic E-state index is 12.0. The third kappa shape index (κ3) is 21.9. The van der Waals surface area contributed by atoms with Crippen LogP contribution in [0, 0.1) is 107 Å². The highest BCUT2D eigenvalue weighted by Crippen LogP contribution is 2.70. The fourth-order valence-electron chi connectivity index (χ4n) is 27.5. The van der Waals surface area contributed by atoms with Crippen molar-refractivity contribution in [2.45, 2.75) is 448 Å². The van der Waals surface area contributed by atoms with Gasteiger partial charge < -0.3 is 99.5 Å². The van der Waals surface area contributed by atoms with Crippen molar-refractivity contribution in [3.05, 3.63) is 0 Å². The predicted molar refractivity (Wildman–Crippen MR) is 452 cm³/mol. The van der Waals surface area contributed by atoms with E-state index in [1.807, 2.05) is 0 Å². The van der Waals surface area contributed by atoms with Gasteiger partial charge in [0.05, 0.1) is 223 Å². The zero-order valence-corrected chi connectivity index (χ0v) is 75.9. The molecule has 48 unspecified atom stereocenters. The Hall–Kier alpha value is -3.29. The lowest BCUT2D eigenvalue weighted by molar-refractivity contribution is -0.151. The van der Waals surface area contributed by atoms with Crippen LogP contribution >= 0.6 is 0 Å². The lowest BCUT2D eigenvalue weighted by atomic mass is 9.81. The Morgan fingerprint density at radius 3 is 1.06 bits per heavy atom. The van der Waals surface area contributed by atoms with Crippen LogP contribution in [-0.2, 0) is 123 Å². The van der Waals surface area contributed by atoms with Crippen LogP contribution in [0.1, 0.15) is 265 Å². The summed E-state index contributed by atoms with van der Waals surface area (Å²) in [5, 5.41) is 0. The Morgan fingerprint density at radius 2 is 0.606 bits per heavy atom. The monoisotopic (exact) mass is 1780 g/mol. The molecule has 16 aliphatic heterocycles. The Kier molecular flexibility index (Phi) is 25.8. The molecule has 14 saturated carbocycles. The fourth-order valence-corrected chi connectivity index (χ4v) is 27.5. The van der Waals surface area contributed by atoms with E-state index in [0.29, 0.717) is 308 Å². The van der Waals surface area contributed by atoms with E-state index in [4.69, 9.17) is 99.5 Å². The van der Waals surface area contributed by atoms with Crippen molar-refractivity contribution in [1.82, 2.24) is 0 Å². The molecule has 0 spiro atoms. The number of fused-ring (bicyclic) bond motifs is 27. The van der Waals surface area contributed by atoms with Gasteiger partial charge in [-0.3, -0.25) is 24.0 Å². The Balaban J connectivity index is 0.0000000872. The summed E-state index contributed by atoms with van der Waals surface area (Å²) in [6.07, 6.45) is 54.9. The highest BCUT2D eigenvalue weighted by Gasteiger charge is 2.75. The molecule has 708 valence electrons. The minimum Gasteiger partial charge on any atom is -0.465 e. The van der Waals surface area contributed by atoms with E-state index < -0.39 is 0 Å². The molecular weight excluding hydrogens is 1630 g/mol. The van der Waals surface area contributed by atoms with Crippen molar-refractivity contribution in [1.29, 1.82) is 0 Å². The molecule has 127 heavy (non-hydrogen) atoms. The summed E-state index contributed by atoms with van der Waals surface area (Å²) in [6.45, 7) is 13.7. The van der Waals surface area contributed by atoms with E-state index in [9.17, 15) is 24.0 Å². The van der Waals surface area contributed by atoms with Gasteiger partial charge >= 0.3 is 29.8 Å². The number of carbonyl (C=O) groups excluding carboxylic acids is 5.